The quantitative estimate of drug-likeness (QED) is 0.196. The number of carbonyl (C=O) groups excluding carboxylic acids is 1. The van der Waals surface area contributed by atoms with E-state index in [0.29, 0.717) is 24.3 Å². The average molecular weight is 675 g/mol. The fourth-order valence-corrected chi connectivity index (χ4v) is 9.79. The second-order valence-corrected chi connectivity index (χ2v) is 15.1. The summed E-state index contributed by atoms with van der Waals surface area (Å²) >= 11 is 0. The highest BCUT2D eigenvalue weighted by Crippen LogP contribution is 2.55. The molecule has 0 N–H and O–H groups in total. The number of nitrogens with zero attached hydrogens (tertiary/aromatic N) is 4. The van der Waals surface area contributed by atoms with Gasteiger partial charge in [-0.2, -0.15) is 0 Å². The first-order valence-electron chi connectivity index (χ1n) is 18.6. The summed E-state index contributed by atoms with van der Waals surface area (Å²) in [7, 11) is 0. The maximum atomic E-state index is 14.5. The van der Waals surface area contributed by atoms with Crippen LogP contribution in [0.4, 0.5) is 8.78 Å². The minimum atomic E-state index is -0.270. The number of likely N-dealkylation sites (tertiary alicyclic amines) is 1. The Labute approximate surface area is 295 Å². The van der Waals surface area contributed by atoms with Crippen LogP contribution in [0, 0.1) is 17.6 Å². The Morgan fingerprint density at radius 2 is 1.16 bits per heavy atom. The molecule has 5 aliphatic rings. The van der Waals surface area contributed by atoms with E-state index in [9.17, 15) is 13.6 Å². The lowest BCUT2D eigenvalue weighted by atomic mass is 9.61. The first-order chi connectivity index (χ1) is 24.5. The molecule has 4 aliphatic heterocycles. The summed E-state index contributed by atoms with van der Waals surface area (Å²) in [4.78, 5) is 24.2. The molecule has 2 bridgehead atoms. The number of rotatable bonds is 8. The van der Waals surface area contributed by atoms with Gasteiger partial charge in [0.2, 0.25) is 5.91 Å². The molecule has 1 saturated carbocycles. The molecule has 1 aliphatic carbocycles. The lowest BCUT2D eigenvalue weighted by molar-refractivity contribution is -0.134. The monoisotopic (exact) mass is 674 g/mol. The van der Waals surface area contributed by atoms with Crippen LogP contribution in [0.1, 0.15) is 65.8 Å². The zero-order chi connectivity index (χ0) is 34.1. The third kappa shape index (κ3) is 6.75. The predicted octanol–water partition coefficient (Wildman–Crippen LogP) is 7.33. The van der Waals surface area contributed by atoms with Crippen molar-refractivity contribution < 1.29 is 13.6 Å². The second kappa shape index (κ2) is 14.4. The van der Waals surface area contributed by atoms with E-state index < -0.39 is 0 Å². The second-order valence-electron chi connectivity index (χ2n) is 15.1. The molecule has 4 aromatic rings. The molecule has 7 heteroatoms. The van der Waals surface area contributed by atoms with Crippen molar-refractivity contribution in [3.05, 3.63) is 143 Å². The maximum Gasteiger partial charge on any atom is 0.236 e. The third-order valence-electron chi connectivity index (χ3n) is 12.2. The van der Waals surface area contributed by atoms with Crippen LogP contribution in [0.2, 0.25) is 0 Å². The summed E-state index contributed by atoms with van der Waals surface area (Å²) in [6.07, 6.45) is 4.65. The van der Waals surface area contributed by atoms with E-state index in [1.807, 2.05) is 24.3 Å². The molecular weight excluding hydrogens is 626 g/mol. The molecule has 260 valence electrons. The zero-order valence-corrected chi connectivity index (χ0v) is 28.8. The Hall–Kier alpha value is -3.91. The van der Waals surface area contributed by atoms with Gasteiger partial charge in [0.1, 0.15) is 11.6 Å². The van der Waals surface area contributed by atoms with Crippen LogP contribution in [0.15, 0.2) is 109 Å². The van der Waals surface area contributed by atoms with Crippen LogP contribution >= 0.6 is 0 Å². The van der Waals surface area contributed by atoms with Crippen molar-refractivity contribution in [2.45, 2.75) is 49.1 Å². The van der Waals surface area contributed by atoms with Gasteiger partial charge in [-0.1, -0.05) is 84.9 Å². The number of hydrogen-bond acceptors (Lipinski definition) is 4. The molecule has 0 aromatic heterocycles. The molecular formula is C43H48F2N4O. The number of amides is 1. The van der Waals surface area contributed by atoms with Crippen LogP contribution in [0.25, 0.3) is 0 Å². The third-order valence-corrected chi connectivity index (χ3v) is 12.2. The fourth-order valence-electron chi connectivity index (χ4n) is 9.79. The molecule has 4 heterocycles. The average Bonchev–Trinajstić information content (AvgIpc) is 3.59. The summed E-state index contributed by atoms with van der Waals surface area (Å²) in [5.74, 6) is 0.843. The largest absolute Gasteiger partial charge is 0.339 e. The van der Waals surface area contributed by atoms with Gasteiger partial charge in [-0.05, 0) is 103 Å². The van der Waals surface area contributed by atoms with Crippen molar-refractivity contribution in [3.63, 3.8) is 0 Å². The molecule has 4 aromatic carbocycles. The van der Waals surface area contributed by atoms with E-state index in [0.717, 1.165) is 76.3 Å². The SMILES string of the molecule is O=C(CN1CCN(C(c2ccc(F)cc2)c2ccc(F)cc2)CC1)N1CC2C(c3ccccc3)CC(N3CCCC3)(CC2c2ccccc2)C1. The van der Waals surface area contributed by atoms with E-state index in [-0.39, 0.29) is 29.1 Å². The van der Waals surface area contributed by atoms with Crippen molar-refractivity contribution >= 4 is 5.91 Å². The summed E-state index contributed by atoms with van der Waals surface area (Å²) in [6.45, 7) is 7.27. The molecule has 50 heavy (non-hydrogen) atoms. The van der Waals surface area contributed by atoms with Crippen molar-refractivity contribution in [1.29, 1.82) is 0 Å². The highest BCUT2D eigenvalue weighted by atomic mass is 19.1. The summed E-state index contributed by atoms with van der Waals surface area (Å²) in [5, 5.41) is 0. The number of benzene rings is 4. The highest BCUT2D eigenvalue weighted by molar-refractivity contribution is 5.78. The van der Waals surface area contributed by atoms with Gasteiger partial charge in [0.15, 0.2) is 0 Å². The molecule has 1 amide bonds. The van der Waals surface area contributed by atoms with Crippen LogP contribution < -0.4 is 0 Å². The summed E-state index contributed by atoms with van der Waals surface area (Å²) < 4.78 is 27.7. The summed E-state index contributed by atoms with van der Waals surface area (Å²) in [6, 6.07) is 35.3. The van der Waals surface area contributed by atoms with Crippen molar-refractivity contribution in [3.8, 4) is 0 Å². The van der Waals surface area contributed by atoms with E-state index in [4.69, 9.17) is 0 Å². The smallest absolute Gasteiger partial charge is 0.236 e. The molecule has 0 radical (unpaired) electrons. The number of halogens is 2. The van der Waals surface area contributed by atoms with Gasteiger partial charge in [-0.25, -0.2) is 8.78 Å². The number of fused-ring (bicyclic) bond motifs is 4. The Balaban J connectivity index is 1.02. The van der Waals surface area contributed by atoms with Gasteiger partial charge in [-0.15, -0.1) is 0 Å². The molecule has 2 atom stereocenters. The van der Waals surface area contributed by atoms with Crippen LogP contribution in [-0.4, -0.2) is 89.9 Å². The molecule has 5 nitrogen and oxygen atoms in total. The summed E-state index contributed by atoms with van der Waals surface area (Å²) in [5.41, 5.74) is 4.73. The van der Waals surface area contributed by atoms with Crippen LogP contribution in [0.5, 0.6) is 0 Å². The normalized spacial score (nSPS) is 26.4. The Morgan fingerprint density at radius 1 is 0.660 bits per heavy atom. The Morgan fingerprint density at radius 3 is 1.66 bits per heavy atom. The van der Waals surface area contributed by atoms with E-state index in [2.05, 4.69) is 80.3 Å². The van der Waals surface area contributed by atoms with E-state index in [1.165, 1.54) is 48.2 Å². The standard InChI is InChI=1S/C43H48F2N4O/c44-36-17-13-34(14-18-36)42(35-15-19-37(45)20-16-35)47-25-23-46(24-26-47)30-41(50)48-29-40-38(32-9-3-1-4-10-32)27-43(31-48,49-21-7-8-22-49)28-39(40)33-11-5-2-6-12-33/h1-6,9-20,38-40,42H,7-8,21-31H2. The molecule has 9 rings (SSSR count). The van der Waals surface area contributed by atoms with E-state index in [1.54, 1.807) is 0 Å². The van der Waals surface area contributed by atoms with Gasteiger partial charge in [0, 0.05) is 44.8 Å². The number of carbonyl (C=O) groups is 1. The minimum absolute atomic E-state index is 0.0452. The molecule has 4 saturated heterocycles. The van der Waals surface area contributed by atoms with Crippen molar-refractivity contribution in [2.24, 2.45) is 5.92 Å². The minimum Gasteiger partial charge on any atom is -0.339 e. The van der Waals surface area contributed by atoms with Crippen LogP contribution in [0.3, 0.4) is 0 Å². The highest BCUT2D eigenvalue weighted by Gasteiger charge is 2.54. The molecule has 2 unspecified atom stereocenters. The zero-order valence-electron chi connectivity index (χ0n) is 28.8. The molecule has 0 spiro atoms. The lowest BCUT2D eigenvalue weighted by Crippen LogP contribution is -2.57. The van der Waals surface area contributed by atoms with Gasteiger partial charge < -0.3 is 4.90 Å². The fraction of sp³-hybridized carbons (Fsp3) is 0.419. The maximum absolute atomic E-state index is 14.5. The van der Waals surface area contributed by atoms with Gasteiger partial charge >= 0.3 is 0 Å². The molecule has 5 fully saturated rings. The Bertz CT molecular complexity index is 1630. The van der Waals surface area contributed by atoms with Gasteiger partial charge in [0.05, 0.1) is 12.6 Å². The predicted molar refractivity (Wildman–Crippen MR) is 194 cm³/mol. The lowest BCUT2D eigenvalue weighted by Gasteiger charge is -2.50. The van der Waals surface area contributed by atoms with Gasteiger partial charge in [0.25, 0.3) is 0 Å². The topological polar surface area (TPSA) is 30.0 Å². The Kier molecular flexibility index (Phi) is 9.56. The van der Waals surface area contributed by atoms with Crippen LogP contribution in [-0.2, 0) is 4.79 Å². The van der Waals surface area contributed by atoms with Crippen molar-refractivity contribution in [1.82, 2.24) is 19.6 Å². The van der Waals surface area contributed by atoms with Crippen molar-refractivity contribution in [2.75, 3.05) is 58.9 Å². The van der Waals surface area contributed by atoms with Gasteiger partial charge in [-0.3, -0.25) is 19.5 Å². The van der Waals surface area contributed by atoms with E-state index >= 15 is 0 Å². The first-order valence-corrected chi connectivity index (χ1v) is 18.6. The number of hydrogen-bond donors (Lipinski definition) is 0. The first kappa shape index (κ1) is 33.2. The number of piperazine rings is 1.